The third kappa shape index (κ3) is 2.56. The van der Waals surface area contributed by atoms with Crippen LogP contribution in [0.2, 0.25) is 0 Å². The molecule has 1 atom stereocenters. The fourth-order valence-corrected chi connectivity index (χ4v) is 3.04. The maximum absolute atomic E-state index is 12.8. The highest BCUT2D eigenvalue weighted by atomic mass is 16.5. The van der Waals surface area contributed by atoms with Gasteiger partial charge in [0, 0.05) is 31.8 Å². The molecule has 23 heavy (non-hydrogen) atoms. The first-order chi connectivity index (χ1) is 11.1. The molecule has 1 saturated carbocycles. The Balaban J connectivity index is 1.59. The van der Waals surface area contributed by atoms with Gasteiger partial charge in [0.1, 0.15) is 0 Å². The third-order valence-corrected chi connectivity index (χ3v) is 4.53. The number of carbonyl (C=O) groups is 1. The molecule has 0 bridgehead atoms. The minimum atomic E-state index is -0.143. The van der Waals surface area contributed by atoms with Crippen LogP contribution < -0.4 is 5.56 Å². The van der Waals surface area contributed by atoms with E-state index in [4.69, 9.17) is 4.52 Å². The van der Waals surface area contributed by atoms with Crippen LogP contribution >= 0.6 is 0 Å². The maximum atomic E-state index is 12.8. The van der Waals surface area contributed by atoms with Gasteiger partial charge >= 0.3 is 0 Å². The molecule has 0 unspecified atom stereocenters. The highest BCUT2D eigenvalue weighted by Crippen LogP contribution is 2.40. The molecular formula is C16H18N4O3. The van der Waals surface area contributed by atoms with Crippen LogP contribution in [0.5, 0.6) is 0 Å². The molecule has 0 radical (unpaired) electrons. The Bertz CT molecular complexity index is 806. The molecule has 7 heteroatoms. The summed E-state index contributed by atoms with van der Waals surface area (Å²) in [6.07, 6.45) is 5.53. The number of amides is 1. The zero-order chi connectivity index (χ0) is 16.0. The highest BCUT2D eigenvalue weighted by molar-refractivity contribution is 5.94. The first-order valence-corrected chi connectivity index (χ1v) is 7.94. The predicted octanol–water partition coefficient (Wildman–Crippen LogP) is 1.62. The lowest BCUT2D eigenvalue weighted by Crippen LogP contribution is -2.32. The minimum absolute atomic E-state index is 0.0964. The Hall–Kier alpha value is -2.44. The van der Waals surface area contributed by atoms with Crippen molar-refractivity contribution in [2.75, 3.05) is 6.54 Å². The lowest BCUT2D eigenvalue weighted by Gasteiger charge is -2.22. The lowest BCUT2D eigenvalue weighted by molar-refractivity contribution is 0.0727. The standard InChI is InChI=1S/C16H18N4O3/c1-19-9-11(6-7-13(19)21)16(22)20-8-2-3-12(20)14-17-15(23-18-14)10-4-5-10/h6-7,9-10,12H,2-5,8H2,1H3/t12-/m0/s1. The van der Waals surface area contributed by atoms with E-state index in [1.54, 1.807) is 24.2 Å². The molecule has 0 N–H and O–H groups in total. The molecule has 2 aromatic heterocycles. The average molecular weight is 314 g/mol. The van der Waals surface area contributed by atoms with Crippen LogP contribution in [0.1, 0.15) is 59.7 Å². The van der Waals surface area contributed by atoms with Crippen molar-refractivity contribution in [3.8, 4) is 0 Å². The zero-order valence-corrected chi connectivity index (χ0v) is 12.9. The maximum Gasteiger partial charge on any atom is 0.255 e. The number of carbonyl (C=O) groups excluding carboxylic acids is 1. The van der Waals surface area contributed by atoms with Gasteiger partial charge < -0.3 is 14.0 Å². The number of nitrogens with zero attached hydrogens (tertiary/aromatic N) is 4. The largest absolute Gasteiger partial charge is 0.339 e. The van der Waals surface area contributed by atoms with Gasteiger partial charge in [-0.25, -0.2) is 0 Å². The summed E-state index contributed by atoms with van der Waals surface area (Å²) in [4.78, 5) is 30.5. The topological polar surface area (TPSA) is 81.2 Å². The average Bonchev–Trinajstić information content (AvgIpc) is 3.09. The number of hydrogen-bond donors (Lipinski definition) is 0. The Labute approximate surface area is 132 Å². The number of pyridine rings is 1. The van der Waals surface area contributed by atoms with Crippen molar-refractivity contribution in [3.05, 3.63) is 46.0 Å². The SMILES string of the molecule is Cn1cc(C(=O)N2CCC[C@H]2c2noc(C3CC3)n2)ccc1=O. The fourth-order valence-electron chi connectivity index (χ4n) is 3.04. The molecule has 0 spiro atoms. The van der Waals surface area contributed by atoms with Crippen LogP contribution in [0.4, 0.5) is 0 Å². The van der Waals surface area contributed by atoms with E-state index < -0.39 is 0 Å². The van der Waals surface area contributed by atoms with Crippen LogP contribution in [0.15, 0.2) is 27.6 Å². The number of aromatic nitrogens is 3. The van der Waals surface area contributed by atoms with E-state index in [1.807, 2.05) is 0 Å². The van der Waals surface area contributed by atoms with E-state index in [0.717, 1.165) is 25.7 Å². The van der Waals surface area contributed by atoms with E-state index >= 15 is 0 Å². The molecule has 2 fully saturated rings. The second kappa shape index (κ2) is 5.33. The van der Waals surface area contributed by atoms with Crippen LogP contribution in [0, 0.1) is 0 Å². The quantitative estimate of drug-likeness (QED) is 0.860. The molecule has 0 aromatic carbocycles. The predicted molar refractivity (Wildman–Crippen MR) is 81.0 cm³/mol. The number of likely N-dealkylation sites (tertiary alicyclic amines) is 1. The van der Waals surface area contributed by atoms with Crippen molar-refractivity contribution >= 4 is 5.91 Å². The molecule has 3 heterocycles. The van der Waals surface area contributed by atoms with Crippen LogP contribution in [0.25, 0.3) is 0 Å². The minimum Gasteiger partial charge on any atom is -0.339 e. The number of rotatable bonds is 3. The van der Waals surface area contributed by atoms with E-state index in [2.05, 4.69) is 10.1 Å². The van der Waals surface area contributed by atoms with Gasteiger partial charge in [-0.15, -0.1) is 0 Å². The summed E-state index contributed by atoms with van der Waals surface area (Å²) in [6, 6.07) is 2.85. The summed E-state index contributed by atoms with van der Waals surface area (Å²) in [5.74, 6) is 1.61. The molecule has 2 aromatic rings. The molecule has 1 amide bonds. The van der Waals surface area contributed by atoms with Gasteiger partial charge in [0.2, 0.25) is 11.4 Å². The van der Waals surface area contributed by atoms with Gasteiger partial charge in [0.25, 0.3) is 5.91 Å². The summed E-state index contributed by atoms with van der Waals surface area (Å²) in [7, 11) is 1.64. The van der Waals surface area contributed by atoms with Crippen molar-refractivity contribution in [1.29, 1.82) is 0 Å². The smallest absolute Gasteiger partial charge is 0.255 e. The van der Waals surface area contributed by atoms with Crippen LogP contribution in [-0.2, 0) is 7.05 Å². The molecule has 2 aliphatic rings. The van der Waals surface area contributed by atoms with Gasteiger partial charge in [-0.1, -0.05) is 5.16 Å². The van der Waals surface area contributed by atoms with E-state index in [1.165, 1.54) is 10.6 Å². The second-order valence-electron chi connectivity index (χ2n) is 6.29. The fraction of sp³-hybridized carbons (Fsp3) is 0.500. The molecule has 1 aliphatic heterocycles. The van der Waals surface area contributed by atoms with Gasteiger partial charge in [-0.05, 0) is 31.7 Å². The summed E-state index contributed by atoms with van der Waals surface area (Å²) >= 11 is 0. The summed E-state index contributed by atoms with van der Waals surface area (Å²) in [5, 5.41) is 4.08. The van der Waals surface area contributed by atoms with Crippen molar-refractivity contribution in [3.63, 3.8) is 0 Å². The zero-order valence-electron chi connectivity index (χ0n) is 12.9. The van der Waals surface area contributed by atoms with Crippen LogP contribution in [-0.4, -0.2) is 32.1 Å². The molecule has 4 rings (SSSR count). The third-order valence-electron chi connectivity index (χ3n) is 4.53. The lowest BCUT2D eigenvalue weighted by atomic mass is 10.2. The summed E-state index contributed by atoms with van der Waals surface area (Å²) in [6.45, 7) is 0.666. The first-order valence-electron chi connectivity index (χ1n) is 7.94. The summed E-state index contributed by atoms with van der Waals surface area (Å²) in [5.41, 5.74) is 0.372. The van der Waals surface area contributed by atoms with Gasteiger partial charge in [0.05, 0.1) is 11.6 Å². The first kappa shape index (κ1) is 14.2. The monoisotopic (exact) mass is 314 g/mol. The van der Waals surface area contributed by atoms with Gasteiger partial charge in [-0.2, -0.15) is 4.98 Å². The molecule has 1 aliphatic carbocycles. The number of aryl methyl sites for hydroxylation is 1. The van der Waals surface area contributed by atoms with Crippen molar-refractivity contribution < 1.29 is 9.32 Å². The second-order valence-corrected chi connectivity index (χ2v) is 6.29. The van der Waals surface area contributed by atoms with E-state index in [0.29, 0.717) is 29.7 Å². The highest BCUT2D eigenvalue weighted by Gasteiger charge is 2.36. The van der Waals surface area contributed by atoms with Gasteiger partial charge in [-0.3, -0.25) is 9.59 Å². The summed E-state index contributed by atoms with van der Waals surface area (Å²) < 4.78 is 6.74. The van der Waals surface area contributed by atoms with E-state index in [9.17, 15) is 9.59 Å². The Morgan fingerprint density at radius 2 is 2.13 bits per heavy atom. The normalized spacial score (nSPS) is 20.9. The Morgan fingerprint density at radius 3 is 2.87 bits per heavy atom. The van der Waals surface area contributed by atoms with Crippen molar-refractivity contribution in [2.45, 2.75) is 37.6 Å². The van der Waals surface area contributed by atoms with Crippen molar-refractivity contribution in [1.82, 2.24) is 19.6 Å². The molecule has 7 nitrogen and oxygen atoms in total. The van der Waals surface area contributed by atoms with Gasteiger partial charge in [0.15, 0.2) is 5.82 Å². The van der Waals surface area contributed by atoms with Crippen molar-refractivity contribution in [2.24, 2.45) is 7.05 Å². The molecule has 120 valence electrons. The van der Waals surface area contributed by atoms with E-state index in [-0.39, 0.29) is 17.5 Å². The van der Waals surface area contributed by atoms with Crippen LogP contribution in [0.3, 0.4) is 0 Å². The molecule has 1 saturated heterocycles. The Kier molecular flexibility index (Phi) is 3.28. The molecular weight excluding hydrogens is 296 g/mol. The Morgan fingerprint density at radius 1 is 1.30 bits per heavy atom. The number of hydrogen-bond acceptors (Lipinski definition) is 5.